The summed E-state index contributed by atoms with van der Waals surface area (Å²) in [5, 5.41) is 3.36. The van der Waals surface area contributed by atoms with Crippen LogP contribution in [-0.2, 0) is 20.9 Å². The van der Waals surface area contributed by atoms with Crippen LogP contribution < -0.4 is 19.1 Å². The van der Waals surface area contributed by atoms with E-state index in [1.54, 1.807) is 12.1 Å². The van der Waals surface area contributed by atoms with Crippen LogP contribution in [0.3, 0.4) is 0 Å². The minimum atomic E-state index is -4.09. The Morgan fingerprint density at radius 1 is 1.03 bits per heavy atom. The van der Waals surface area contributed by atoms with Gasteiger partial charge in [0.2, 0.25) is 0 Å². The van der Waals surface area contributed by atoms with Gasteiger partial charge in [0.15, 0.2) is 11.5 Å². The summed E-state index contributed by atoms with van der Waals surface area (Å²) in [4.78, 5) is 0.0316. The first kappa shape index (κ1) is 27.6. The van der Waals surface area contributed by atoms with Crippen LogP contribution >= 0.6 is 22.6 Å². The molecule has 6 nitrogen and oxygen atoms in total. The van der Waals surface area contributed by atoms with E-state index in [0.29, 0.717) is 21.4 Å². The molecule has 3 aromatic carbocycles. The van der Waals surface area contributed by atoms with E-state index in [1.807, 2.05) is 12.1 Å². The Balaban J connectivity index is 1.86. The molecule has 10 heteroatoms. The lowest BCUT2D eigenvalue weighted by Gasteiger charge is -2.30. The monoisotopic (exact) mass is 642 g/mol. The number of hydrogen-bond acceptors (Lipinski definition) is 5. The molecule has 1 fully saturated rings. The Morgan fingerprint density at radius 3 is 2.38 bits per heavy atom. The number of hydrogen-bond donors (Lipinski definition) is 1. The topological polar surface area (TPSA) is 67.9 Å². The Labute approximate surface area is 230 Å². The molecule has 0 amide bonds. The van der Waals surface area contributed by atoms with E-state index in [1.165, 1.54) is 48.9 Å². The maximum absolute atomic E-state index is 14.6. The second-order valence-electron chi connectivity index (χ2n) is 8.82. The standard InChI is InChI=1S/C27H29F2IN2O4S/c1-35-26-11-9-21(15-27(26)36-2)37(33,34)32(17-20-5-4-12-31-20)25-10-8-18(16-30)13-19(25)14-22-23(28)6-3-7-24(22)29/h3,6-11,13,15,20,31H,4-5,12,14,16-17H2,1-2H3/t20-/m1/s1. The Bertz CT molecular complexity index is 1340. The SMILES string of the molecule is COc1ccc(S(=O)(=O)N(C[C@H]2CCCN2)c2ccc(CI)cc2Cc2c(F)cccc2F)cc1OC. The zero-order valence-electron chi connectivity index (χ0n) is 20.6. The highest BCUT2D eigenvalue weighted by atomic mass is 127. The second-order valence-corrected chi connectivity index (χ2v) is 11.4. The lowest BCUT2D eigenvalue weighted by Crippen LogP contribution is -2.41. The first-order chi connectivity index (χ1) is 17.8. The van der Waals surface area contributed by atoms with Gasteiger partial charge in [0.25, 0.3) is 10.0 Å². The predicted octanol–water partition coefficient (Wildman–Crippen LogP) is 5.46. The number of alkyl halides is 1. The third-order valence-corrected chi connectivity index (χ3v) is 9.14. The number of halogens is 3. The van der Waals surface area contributed by atoms with Crippen LogP contribution in [0.5, 0.6) is 11.5 Å². The van der Waals surface area contributed by atoms with Gasteiger partial charge in [-0.15, -0.1) is 0 Å². The molecule has 0 spiro atoms. The number of anilines is 1. The summed E-state index contributed by atoms with van der Waals surface area (Å²) in [6, 6.07) is 13.5. The molecule has 4 rings (SSSR count). The zero-order chi connectivity index (χ0) is 26.6. The van der Waals surface area contributed by atoms with Crippen molar-refractivity contribution in [3.05, 3.63) is 82.9 Å². The predicted molar refractivity (Wildman–Crippen MR) is 148 cm³/mol. The first-order valence-corrected chi connectivity index (χ1v) is 14.8. The zero-order valence-corrected chi connectivity index (χ0v) is 23.6. The van der Waals surface area contributed by atoms with Gasteiger partial charge in [-0.3, -0.25) is 4.31 Å². The fourth-order valence-corrected chi connectivity index (χ4v) is 6.58. The molecule has 198 valence electrons. The van der Waals surface area contributed by atoms with Crippen LogP contribution in [0.4, 0.5) is 14.5 Å². The van der Waals surface area contributed by atoms with Crippen molar-refractivity contribution in [1.82, 2.24) is 5.32 Å². The Hall–Kier alpha value is -2.44. The molecule has 1 heterocycles. The minimum Gasteiger partial charge on any atom is -0.493 e. The van der Waals surface area contributed by atoms with Gasteiger partial charge in [0.1, 0.15) is 11.6 Å². The van der Waals surface area contributed by atoms with Crippen molar-refractivity contribution in [3.8, 4) is 11.5 Å². The van der Waals surface area contributed by atoms with Crippen molar-refractivity contribution in [2.45, 2.75) is 34.6 Å². The molecule has 37 heavy (non-hydrogen) atoms. The third-order valence-electron chi connectivity index (χ3n) is 6.49. The normalized spacial score (nSPS) is 15.5. The molecule has 1 saturated heterocycles. The van der Waals surface area contributed by atoms with Crippen molar-refractivity contribution < 1.29 is 26.7 Å². The molecule has 0 aromatic heterocycles. The van der Waals surface area contributed by atoms with Gasteiger partial charge < -0.3 is 14.8 Å². The number of rotatable bonds is 10. The molecule has 0 radical (unpaired) electrons. The van der Waals surface area contributed by atoms with Crippen LogP contribution in [0.1, 0.15) is 29.5 Å². The highest BCUT2D eigenvalue weighted by Crippen LogP contribution is 2.35. The molecular weight excluding hydrogens is 613 g/mol. The molecule has 0 saturated carbocycles. The molecule has 1 aliphatic rings. The van der Waals surface area contributed by atoms with E-state index < -0.39 is 21.7 Å². The van der Waals surface area contributed by atoms with Crippen LogP contribution in [0.15, 0.2) is 59.5 Å². The summed E-state index contributed by atoms with van der Waals surface area (Å²) in [5.74, 6) is -0.640. The summed E-state index contributed by atoms with van der Waals surface area (Å²) in [7, 11) is -1.16. The molecule has 0 unspecified atom stereocenters. The van der Waals surface area contributed by atoms with Gasteiger partial charge in [0.05, 0.1) is 24.8 Å². The smallest absolute Gasteiger partial charge is 0.264 e. The molecule has 3 aromatic rings. The molecule has 0 aliphatic carbocycles. The summed E-state index contributed by atoms with van der Waals surface area (Å²) in [6.07, 6.45) is 1.67. The van der Waals surface area contributed by atoms with E-state index in [-0.39, 0.29) is 35.2 Å². The summed E-state index contributed by atoms with van der Waals surface area (Å²) >= 11 is 2.21. The van der Waals surface area contributed by atoms with Crippen LogP contribution in [0.25, 0.3) is 0 Å². The van der Waals surface area contributed by atoms with Gasteiger partial charge in [-0.25, -0.2) is 17.2 Å². The van der Waals surface area contributed by atoms with E-state index in [0.717, 1.165) is 24.9 Å². The minimum absolute atomic E-state index is 0.0316. The lowest BCUT2D eigenvalue weighted by molar-refractivity contribution is 0.354. The number of ether oxygens (including phenoxy) is 2. The number of nitrogens with one attached hydrogen (secondary N) is 1. The average Bonchev–Trinajstić information content (AvgIpc) is 3.42. The van der Waals surface area contributed by atoms with Crippen LogP contribution in [0, 0.1) is 11.6 Å². The number of nitrogens with zero attached hydrogens (tertiary/aromatic N) is 1. The van der Waals surface area contributed by atoms with Gasteiger partial charge in [-0.1, -0.05) is 40.8 Å². The number of methoxy groups -OCH3 is 2. The maximum Gasteiger partial charge on any atom is 0.264 e. The average molecular weight is 643 g/mol. The van der Waals surface area contributed by atoms with Crippen molar-refractivity contribution in [2.24, 2.45) is 0 Å². The molecule has 1 N–H and O–H groups in total. The third kappa shape index (κ3) is 6.01. The van der Waals surface area contributed by atoms with E-state index >= 15 is 0 Å². The summed E-state index contributed by atoms with van der Waals surface area (Å²) in [5.41, 5.74) is 1.75. The van der Waals surface area contributed by atoms with Gasteiger partial charge in [0, 0.05) is 35.1 Å². The molecular formula is C27H29F2IN2O4S. The second kappa shape index (κ2) is 12.0. The van der Waals surface area contributed by atoms with E-state index in [2.05, 4.69) is 27.9 Å². The Morgan fingerprint density at radius 2 is 1.76 bits per heavy atom. The van der Waals surface area contributed by atoms with Crippen molar-refractivity contribution in [2.75, 3.05) is 31.6 Å². The Kier molecular flexibility index (Phi) is 8.91. The molecule has 1 aliphatic heterocycles. The van der Waals surface area contributed by atoms with Crippen LogP contribution in [-0.4, -0.2) is 41.8 Å². The lowest BCUT2D eigenvalue weighted by atomic mass is 10.00. The van der Waals surface area contributed by atoms with Crippen molar-refractivity contribution >= 4 is 38.3 Å². The van der Waals surface area contributed by atoms with Gasteiger partial charge >= 0.3 is 0 Å². The van der Waals surface area contributed by atoms with Crippen molar-refractivity contribution in [3.63, 3.8) is 0 Å². The molecule has 0 bridgehead atoms. The quantitative estimate of drug-likeness (QED) is 0.235. The number of sulfonamides is 1. The highest BCUT2D eigenvalue weighted by molar-refractivity contribution is 14.1. The van der Waals surface area contributed by atoms with Crippen molar-refractivity contribution in [1.29, 1.82) is 0 Å². The highest BCUT2D eigenvalue weighted by Gasteiger charge is 2.31. The molecule has 1 atom stereocenters. The van der Waals surface area contributed by atoms with E-state index in [4.69, 9.17) is 9.47 Å². The first-order valence-electron chi connectivity index (χ1n) is 11.9. The summed E-state index contributed by atoms with van der Waals surface area (Å²) in [6.45, 7) is 0.975. The van der Waals surface area contributed by atoms with Gasteiger partial charge in [-0.2, -0.15) is 0 Å². The fraction of sp³-hybridized carbons (Fsp3) is 0.333. The van der Waals surface area contributed by atoms with E-state index in [9.17, 15) is 17.2 Å². The largest absolute Gasteiger partial charge is 0.493 e. The number of benzene rings is 3. The maximum atomic E-state index is 14.6. The summed E-state index contributed by atoms with van der Waals surface area (Å²) < 4.78 is 70.1. The van der Waals surface area contributed by atoms with Crippen LogP contribution in [0.2, 0.25) is 0 Å². The fourth-order valence-electron chi connectivity index (χ4n) is 4.54. The van der Waals surface area contributed by atoms with Gasteiger partial charge in [-0.05, 0) is 60.8 Å².